The van der Waals surface area contributed by atoms with Crippen LogP contribution in [0.1, 0.15) is 28.4 Å². The van der Waals surface area contributed by atoms with Gasteiger partial charge in [-0.15, -0.1) is 0 Å². The Bertz CT molecular complexity index is 887. The smallest absolute Gasteiger partial charge is 0.270 e. The largest absolute Gasteiger partial charge is 0.347 e. The van der Waals surface area contributed by atoms with Gasteiger partial charge in [-0.3, -0.25) is 14.8 Å². The molecule has 126 valence electrons. The van der Waals surface area contributed by atoms with E-state index in [0.717, 1.165) is 36.5 Å². The van der Waals surface area contributed by atoms with Crippen LogP contribution in [-0.2, 0) is 7.05 Å². The molecule has 1 atom stereocenters. The van der Waals surface area contributed by atoms with Crippen LogP contribution >= 0.6 is 0 Å². The molecule has 0 saturated carbocycles. The lowest BCUT2D eigenvalue weighted by Gasteiger charge is -2.17. The van der Waals surface area contributed by atoms with Gasteiger partial charge in [0.2, 0.25) is 0 Å². The number of hydrogen-bond acceptors (Lipinski definition) is 3. The van der Waals surface area contributed by atoms with Gasteiger partial charge in [-0.05, 0) is 48.4 Å². The molecular weight excluding hydrogens is 312 g/mol. The molecule has 4 heterocycles. The van der Waals surface area contributed by atoms with Crippen LogP contribution in [-0.4, -0.2) is 38.4 Å². The number of likely N-dealkylation sites (tertiary alicyclic amines) is 1. The Morgan fingerprint density at radius 1 is 1.16 bits per heavy atom. The van der Waals surface area contributed by atoms with Crippen LogP contribution in [0.2, 0.25) is 0 Å². The molecule has 1 amide bonds. The summed E-state index contributed by atoms with van der Waals surface area (Å²) in [4.78, 5) is 23.2. The van der Waals surface area contributed by atoms with Crippen molar-refractivity contribution in [2.75, 3.05) is 13.1 Å². The average Bonchev–Trinajstić information content (AvgIpc) is 3.31. The molecule has 1 unspecified atom stereocenters. The lowest BCUT2D eigenvalue weighted by atomic mass is 9.97. The molecule has 5 nitrogen and oxygen atoms in total. The van der Waals surface area contributed by atoms with Crippen molar-refractivity contribution in [3.05, 3.63) is 72.4 Å². The van der Waals surface area contributed by atoms with E-state index in [1.165, 1.54) is 5.56 Å². The minimum Gasteiger partial charge on any atom is -0.347 e. The minimum absolute atomic E-state index is 0.110. The summed E-state index contributed by atoms with van der Waals surface area (Å²) in [7, 11) is 1.91. The third-order valence-corrected chi connectivity index (χ3v) is 4.87. The molecule has 1 fully saturated rings. The summed E-state index contributed by atoms with van der Waals surface area (Å²) in [6, 6.07) is 11.9. The summed E-state index contributed by atoms with van der Waals surface area (Å²) in [5.41, 5.74) is 4.00. The van der Waals surface area contributed by atoms with Crippen molar-refractivity contribution in [1.82, 2.24) is 19.4 Å². The quantitative estimate of drug-likeness (QED) is 0.740. The van der Waals surface area contributed by atoms with Crippen molar-refractivity contribution in [3.8, 4) is 11.3 Å². The summed E-state index contributed by atoms with van der Waals surface area (Å²) < 4.78 is 1.88. The zero-order valence-corrected chi connectivity index (χ0v) is 14.2. The van der Waals surface area contributed by atoms with E-state index in [4.69, 9.17) is 0 Å². The molecule has 3 aromatic rings. The van der Waals surface area contributed by atoms with Gasteiger partial charge in [0.25, 0.3) is 5.91 Å². The second-order valence-corrected chi connectivity index (χ2v) is 6.45. The second kappa shape index (κ2) is 6.51. The highest BCUT2D eigenvalue weighted by atomic mass is 16.2. The maximum atomic E-state index is 12.7. The molecular formula is C20H20N4O. The Morgan fingerprint density at radius 3 is 2.76 bits per heavy atom. The van der Waals surface area contributed by atoms with Gasteiger partial charge in [0.05, 0.1) is 5.69 Å². The predicted octanol–water partition coefficient (Wildman–Crippen LogP) is 3.11. The number of aromatic nitrogens is 3. The van der Waals surface area contributed by atoms with Crippen LogP contribution < -0.4 is 0 Å². The van der Waals surface area contributed by atoms with Gasteiger partial charge in [0.1, 0.15) is 5.69 Å². The molecule has 1 saturated heterocycles. The Kier molecular flexibility index (Phi) is 4.06. The maximum absolute atomic E-state index is 12.7. The number of carbonyl (C=O) groups excluding carboxylic acids is 1. The fourth-order valence-corrected chi connectivity index (χ4v) is 3.44. The molecule has 25 heavy (non-hydrogen) atoms. The third kappa shape index (κ3) is 3.05. The zero-order chi connectivity index (χ0) is 17.2. The first-order valence-electron chi connectivity index (χ1n) is 8.49. The van der Waals surface area contributed by atoms with Gasteiger partial charge in [0.15, 0.2) is 0 Å². The molecule has 0 radical (unpaired) electrons. The Morgan fingerprint density at radius 2 is 2.00 bits per heavy atom. The number of pyridine rings is 2. The van der Waals surface area contributed by atoms with E-state index < -0.39 is 0 Å². The third-order valence-electron chi connectivity index (χ3n) is 4.87. The molecule has 0 N–H and O–H groups in total. The predicted molar refractivity (Wildman–Crippen MR) is 96.1 cm³/mol. The van der Waals surface area contributed by atoms with E-state index in [1.54, 1.807) is 12.4 Å². The van der Waals surface area contributed by atoms with Crippen LogP contribution in [0.15, 0.2) is 61.2 Å². The molecule has 0 aliphatic carbocycles. The summed E-state index contributed by atoms with van der Waals surface area (Å²) in [5.74, 6) is 0.464. The number of carbonyl (C=O) groups is 1. The summed E-state index contributed by atoms with van der Waals surface area (Å²) in [6.07, 6.45) is 8.30. The zero-order valence-electron chi connectivity index (χ0n) is 14.2. The number of nitrogens with zero attached hydrogens (tertiary/aromatic N) is 4. The summed E-state index contributed by atoms with van der Waals surface area (Å²) in [6.45, 7) is 1.55. The van der Waals surface area contributed by atoms with Gasteiger partial charge < -0.3 is 9.47 Å². The van der Waals surface area contributed by atoms with E-state index in [2.05, 4.69) is 22.1 Å². The monoisotopic (exact) mass is 332 g/mol. The normalized spacial score (nSPS) is 17.0. The molecule has 4 rings (SSSR count). The topological polar surface area (TPSA) is 51.0 Å². The van der Waals surface area contributed by atoms with Gasteiger partial charge in [0, 0.05) is 56.4 Å². The molecule has 1 aliphatic heterocycles. The van der Waals surface area contributed by atoms with E-state index in [-0.39, 0.29) is 5.91 Å². The Hall–Kier alpha value is -2.95. The second-order valence-electron chi connectivity index (χ2n) is 6.45. The van der Waals surface area contributed by atoms with Gasteiger partial charge in [-0.1, -0.05) is 0 Å². The van der Waals surface area contributed by atoms with Crippen molar-refractivity contribution in [3.63, 3.8) is 0 Å². The van der Waals surface area contributed by atoms with E-state index >= 15 is 0 Å². The molecule has 1 aliphatic rings. The highest BCUT2D eigenvalue weighted by Crippen LogP contribution is 2.30. The maximum Gasteiger partial charge on any atom is 0.270 e. The first-order chi connectivity index (χ1) is 12.2. The fourth-order valence-electron chi connectivity index (χ4n) is 3.44. The lowest BCUT2D eigenvalue weighted by Crippen LogP contribution is -2.29. The van der Waals surface area contributed by atoms with Crippen molar-refractivity contribution >= 4 is 5.91 Å². The Balaban J connectivity index is 1.52. The summed E-state index contributed by atoms with van der Waals surface area (Å²) in [5, 5.41) is 0. The van der Waals surface area contributed by atoms with Crippen LogP contribution in [0.25, 0.3) is 11.3 Å². The fraction of sp³-hybridized carbons (Fsp3) is 0.250. The van der Waals surface area contributed by atoms with Crippen LogP contribution in [0, 0.1) is 0 Å². The van der Waals surface area contributed by atoms with Crippen molar-refractivity contribution < 1.29 is 4.79 Å². The standard InChI is InChI=1S/C20H20N4O/c1-23-11-2-3-19(23)20(25)24-12-7-17(14-24)16-6-10-22-18(13-16)15-4-8-21-9-5-15/h2-6,8-11,13,17H,7,12,14H2,1H3. The van der Waals surface area contributed by atoms with Gasteiger partial charge >= 0.3 is 0 Å². The highest BCUT2D eigenvalue weighted by molar-refractivity contribution is 5.93. The number of aryl methyl sites for hydroxylation is 1. The van der Waals surface area contributed by atoms with Crippen molar-refractivity contribution in [1.29, 1.82) is 0 Å². The van der Waals surface area contributed by atoms with E-state index in [0.29, 0.717) is 5.92 Å². The summed E-state index contributed by atoms with van der Waals surface area (Å²) >= 11 is 0. The molecule has 5 heteroatoms. The van der Waals surface area contributed by atoms with E-state index in [9.17, 15) is 4.79 Å². The van der Waals surface area contributed by atoms with Crippen molar-refractivity contribution in [2.24, 2.45) is 7.05 Å². The first-order valence-corrected chi connectivity index (χ1v) is 8.49. The molecule has 0 bridgehead atoms. The first kappa shape index (κ1) is 15.6. The molecule has 3 aromatic heterocycles. The SMILES string of the molecule is Cn1cccc1C(=O)N1CCC(c2ccnc(-c3ccncc3)c2)C1. The number of amides is 1. The Labute approximate surface area is 147 Å². The van der Waals surface area contributed by atoms with Crippen LogP contribution in [0.5, 0.6) is 0 Å². The molecule has 0 aromatic carbocycles. The minimum atomic E-state index is 0.110. The molecule has 0 spiro atoms. The average molecular weight is 332 g/mol. The van der Waals surface area contributed by atoms with Crippen LogP contribution in [0.4, 0.5) is 0 Å². The highest BCUT2D eigenvalue weighted by Gasteiger charge is 2.29. The lowest BCUT2D eigenvalue weighted by molar-refractivity contribution is 0.0781. The van der Waals surface area contributed by atoms with Gasteiger partial charge in [-0.25, -0.2) is 0 Å². The number of hydrogen-bond donors (Lipinski definition) is 0. The van der Waals surface area contributed by atoms with Crippen LogP contribution in [0.3, 0.4) is 0 Å². The number of rotatable bonds is 3. The van der Waals surface area contributed by atoms with E-state index in [1.807, 2.05) is 53.2 Å². The van der Waals surface area contributed by atoms with Crippen molar-refractivity contribution in [2.45, 2.75) is 12.3 Å². The van der Waals surface area contributed by atoms with Gasteiger partial charge in [-0.2, -0.15) is 0 Å².